The van der Waals surface area contributed by atoms with E-state index in [1.54, 1.807) is 36.2 Å². The molecule has 4 rings (SSSR count). The smallest absolute Gasteiger partial charge is 0.251 e. The summed E-state index contributed by atoms with van der Waals surface area (Å²) in [5.41, 5.74) is 2.95. The van der Waals surface area contributed by atoms with Crippen molar-refractivity contribution in [2.45, 2.75) is 31.8 Å². The third-order valence-electron chi connectivity index (χ3n) is 5.37. The molecule has 0 aromatic heterocycles. The van der Waals surface area contributed by atoms with Crippen molar-refractivity contribution in [3.05, 3.63) is 59.4 Å². The van der Waals surface area contributed by atoms with E-state index in [9.17, 15) is 14.0 Å². The van der Waals surface area contributed by atoms with E-state index in [4.69, 9.17) is 0 Å². The fraction of sp³-hybridized carbons (Fsp3) is 0.333. The van der Waals surface area contributed by atoms with E-state index in [1.807, 2.05) is 6.07 Å². The van der Waals surface area contributed by atoms with Gasteiger partial charge in [-0.1, -0.05) is 12.1 Å². The summed E-state index contributed by atoms with van der Waals surface area (Å²) >= 11 is 0. The first-order valence-electron chi connectivity index (χ1n) is 9.25. The molecule has 27 heavy (non-hydrogen) atoms. The molecule has 2 aliphatic rings. The number of fused-ring (bicyclic) bond motifs is 3. The van der Waals surface area contributed by atoms with Gasteiger partial charge in [0.05, 0.1) is 11.4 Å². The maximum atomic E-state index is 13.3. The molecule has 5 nitrogen and oxygen atoms in total. The van der Waals surface area contributed by atoms with Crippen molar-refractivity contribution in [1.29, 1.82) is 0 Å². The Bertz CT molecular complexity index is 899. The van der Waals surface area contributed by atoms with Crippen LogP contribution < -0.4 is 15.1 Å². The van der Waals surface area contributed by atoms with Crippen LogP contribution in [0.3, 0.4) is 0 Å². The van der Waals surface area contributed by atoms with E-state index in [2.05, 4.69) is 10.2 Å². The van der Waals surface area contributed by atoms with E-state index in [0.717, 1.165) is 37.2 Å². The molecular weight excluding hydrogens is 345 g/mol. The van der Waals surface area contributed by atoms with Crippen molar-refractivity contribution >= 4 is 23.2 Å². The van der Waals surface area contributed by atoms with E-state index in [1.165, 1.54) is 12.1 Å². The molecule has 0 saturated carbocycles. The second kappa shape index (κ2) is 7.02. The number of benzene rings is 2. The maximum absolute atomic E-state index is 13.3. The van der Waals surface area contributed by atoms with Gasteiger partial charge in [-0.25, -0.2) is 4.39 Å². The molecule has 1 fully saturated rings. The molecule has 0 aliphatic carbocycles. The Labute approximate surface area is 157 Å². The van der Waals surface area contributed by atoms with E-state index >= 15 is 0 Å². The molecule has 2 aromatic carbocycles. The minimum absolute atomic E-state index is 0.0829. The molecule has 0 spiro atoms. The topological polar surface area (TPSA) is 52.7 Å². The SMILES string of the molecule is CN1C(=O)C2CCCCN2c2ccc(C(=O)NCc3cccc(F)c3)cc21. The number of carbonyl (C=O) groups is 2. The van der Waals surface area contributed by atoms with Gasteiger partial charge in [-0.2, -0.15) is 0 Å². The number of nitrogens with one attached hydrogen (secondary N) is 1. The fourth-order valence-corrected chi connectivity index (χ4v) is 3.93. The van der Waals surface area contributed by atoms with Gasteiger partial charge in [0.1, 0.15) is 11.9 Å². The van der Waals surface area contributed by atoms with Gasteiger partial charge < -0.3 is 15.1 Å². The molecule has 0 bridgehead atoms. The van der Waals surface area contributed by atoms with E-state index in [0.29, 0.717) is 11.1 Å². The lowest BCUT2D eigenvalue weighted by molar-refractivity contribution is -0.120. The second-order valence-electron chi connectivity index (χ2n) is 7.12. The van der Waals surface area contributed by atoms with Crippen LogP contribution in [-0.4, -0.2) is 31.4 Å². The van der Waals surface area contributed by atoms with E-state index in [-0.39, 0.29) is 30.2 Å². The van der Waals surface area contributed by atoms with Crippen LogP contribution in [0.25, 0.3) is 0 Å². The Morgan fingerprint density at radius 3 is 2.85 bits per heavy atom. The first-order valence-corrected chi connectivity index (χ1v) is 9.25. The lowest BCUT2D eigenvalue weighted by Gasteiger charge is -2.44. The van der Waals surface area contributed by atoms with Gasteiger partial charge in [-0.3, -0.25) is 9.59 Å². The summed E-state index contributed by atoms with van der Waals surface area (Å²) in [7, 11) is 1.77. The quantitative estimate of drug-likeness (QED) is 0.907. The van der Waals surface area contributed by atoms with E-state index < -0.39 is 0 Å². The molecule has 2 heterocycles. The monoisotopic (exact) mass is 367 g/mol. The van der Waals surface area contributed by atoms with Crippen molar-refractivity contribution < 1.29 is 14.0 Å². The van der Waals surface area contributed by atoms with Crippen molar-refractivity contribution in [2.75, 3.05) is 23.4 Å². The molecule has 1 unspecified atom stereocenters. The Morgan fingerprint density at radius 1 is 1.19 bits per heavy atom. The maximum Gasteiger partial charge on any atom is 0.251 e. The molecule has 1 atom stereocenters. The molecule has 0 radical (unpaired) electrons. The molecular formula is C21H22FN3O2. The normalized spacial score (nSPS) is 18.7. The molecule has 140 valence electrons. The molecule has 6 heteroatoms. The van der Waals surface area contributed by atoms with Crippen molar-refractivity contribution in [3.8, 4) is 0 Å². The van der Waals surface area contributed by atoms with Crippen LogP contribution in [0.4, 0.5) is 15.8 Å². The fourth-order valence-electron chi connectivity index (χ4n) is 3.93. The third-order valence-corrected chi connectivity index (χ3v) is 5.37. The molecule has 2 aromatic rings. The number of rotatable bonds is 3. The number of nitrogens with zero attached hydrogens (tertiary/aromatic N) is 2. The molecule has 2 amide bonds. The van der Waals surface area contributed by atoms with Gasteiger partial charge in [0, 0.05) is 25.7 Å². The summed E-state index contributed by atoms with van der Waals surface area (Å²) in [6.07, 6.45) is 3.01. The Hall–Kier alpha value is -2.89. The summed E-state index contributed by atoms with van der Waals surface area (Å²) in [5.74, 6) is -0.491. The van der Waals surface area contributed by atoms with Crippen LogP contribution in [0.5, 0.6) is 0 Å². The number of anilines is 2. The number of carbonyl (C=O) groups excluding carboxylic acids is 2. The van der Waals surface area contributed by atoms with Gasteiger partial charge in [0.25, 0.3) is 5.91 Å². The first-order chi connectivity index (χ1) is 13.0. The van der Waals surface area contributed by atoms with Gasteiger partial charge in [-0.05, 0) is 55.2 Å². The van der Waals surface area contributed by atoms with Crippen LogP contribution in [0.2, 0.25) is 0 Å². The largest absolute Gasteiger partial charge is 0.358 e. The number of piperidine rings is 1. The molecule has 1 saturated heterocycles. The van der Waals surface area contributed by atoms with Crippen molar-refractivity contribution in [3.63, 3.8) is 0 Å². The summed E-state index contributed by atoms with van der Waals surface area (Å²) in [5, 5.41) is 2.81. The van der Waals surface area contributed by atoms with Crippen LogP contribution in [0.1, 0.15) is 35.2 Å². The summed E-state index contributed by atoms with van der Waals surface area (Å²) in [6.45, 7) is 1.11. The predicted molar refractivity (Wildman–Crippen MR) is 102 cm³/mol. The standard InChI is InChI=1S/C21H22FN3O2/c1-24-19-12-15(20(26)23-13-14-5-4-6-16(22)11-14)8-9-17(19)25-10-3-2-7-18(25)21(24)27/h4-6,8-9,11-12,18H,2-3,7,10,13H2,1H3,(H,23,26). The summed E-state index contributed by atoms with van der Waals surface area (Å²) in [6, 6.07) is 11.5. The number of hydrogen-bond donors (Lipinski definition) is 1. The summed E-state index contributed by atoms with van der Waals surface area (Å²) < 4.78 is 13.3. The number of likely N-dealkylation sites (N-methyl/N-ethyl adjacent to an activating group) is 1. The molecule has 2 aliphatic heterocycles. The number of hydrogen-bond acceptors (Lipinski definition) is 3. The zero-order chi connectivity index (χ0) is 19.0. The van der Waals surface area contributed by atoms with Crippen LogP contribution >= 0.6 is 0 Å². The van der Waals surface area contributed by atoms with Crippen molar-refractivity contribution in [2.24, 2.45) is 0 Å². The highest BCUT2D eigenvalue weighted by Gasteiger charge is 2.37. The zero-order valence-corrected chi connectivity index (χ0v) is 15.2. The Kier molecular flexibility index (Phi) is 4.56. The lowest BCUT2D eigenvalue weighted by Crippen LogP contribution is -2.54. The minimum Gasteiger partial charge on any atom is -0.358 e. The zero-order valence-electron chi connectivity index (χ0n) is 15.2. The van der Waals surface area contributed by atoms with Gasteiger partial charge in [0.2, 0.25) is 5.91 Å². The number of amides is 2. The van der Waals surface area contributed by atoms with Crippen LogP contribution in [-0.2, 0) is 11.3 Å². The molecule has 1 N–H and O–H groups in total. The highest BCUT2D eigenvalue weighted by molar-refractivity contribution is 6.07. The highest BCUT2D eigenvalue weighted by Crippen LogP contribution is 2.39. The third kappa shape index (κ3) is 3.27. The summed E-state index contributed by atoms with van der Waals surface area (Å²) in [4.78, 5) is 29.1. The lowest BCUT2D eigenvalue weighted by atomic mass is 9.96. The van der Waals surface area contributed by atoms with Gasteiger partial charge in [-0.15, -0.1) is 0 Å². The first kappa shape index (κ1) is 17.5. The minimum atomic E-state index is -0.327. The average molecular weight is 367 g/mol. The second-order valence-corrected chi connectivity index (χ2v) is 7.12. The predicted octanol–water partition coefficient (Wildman–Crippen LogP) is 3.09. The average Bonchev–Trinajstić information content (AvgIpc) is 2.70. The Morgan fingerprint density at radius 2 is 2.04 bits per heavy atom. The van der Waals surface area contributed by atoms with Crippen LogP contribution in [0, 0.1) is 5.82 Å². The van der Waals surface area contributed by atoms with Crippen molar-refractivity contribution in [1.82, 2.24) is 5.32 Å². The van der Waals surface area contributed by atoms with Crippen LogP contribution in [0.15, 0.2) is 42.5 Å². The Balaban J connectivity index is 1.55. The van der Waals surface area contributed by atoms with Gasteiger partial charge >= 0.3 is 0 Å². The number of halogens is 1. The van der Waals surface area contributed by atoms with Gasteiger partial charge in [0.15, 0.2) is 0 Å². The highest BCUT2D eigenvalue weighted by atomic mass is 19.1.